The Morgan fingerprint density at radius 1 is 1.35 bits per heavy atom. The van der Waals surface area contributed by atoms with Gasteiger partial charge in [0.15, 0.2) is 5.96 Å². The van der Waals surface area contributed by atoms with E-state index in [1.165, 1.54) is 11.3 Å². The molecule has 0 saturated carbocycles. The summed E-state index contributed by atoms with van der Waals surface area (Å²) < 4.78 is 8.09. The molecule has 122 valence electrons. The maximum atomic E-state index is 5.97. The van der Waals surface area contributed by atoms with Crippen molar-refractivity contribution in [2.24, 2.45) is 12.0 Å². The Balaban J connectivity index is 1.53. The molecule has 1 aliphatic heterocycles. The van der Waals surface area contributed by atoms with E-state index < -0.39 is 0 Å². The molecule has 1 atom stereocenters. The first kappa shape index (κ1) is 15.5. The first-order chi connectivity index (χ1) is 11.2. The molecule has 0 spiro atoms. The monoisotopic (exact) mass is 312 g/mol. The van der Waals surface area contributed by atoms with Crippen molar-refractivity contribution in [2.75, 3.05) is 20.6 Å². The highest BCUT2D eigenvalue weighted by atomic mass is 16.5. The molecule has 2 aromatic rings. The van der Waals surface area contributed by atoms with Gasteiger partial charge in [-0.05, 0) is 23.8 Å². The molecule has 5 heteroatoms. The topological polar surface area (TPSA) is 41.8 Å². The van der Waals surface area contributed by atoms with E-state index in [0.717, 1.165) is 31.2 Å². The van der Waals surface area contributed by atoms with Gasteiger partial charge in [-0.25, -0.2) is 0 Å². The van der Waals surface area contributed by atoms with Crippen LogP contribution in [0.5, 0.6) is 5.75 Å². The summed E-state index contributed by atoms with van der Waals surface area (Å²) in [4.78, 5) is 6.50. The van der Waals surface area contributed by atoms with Crippen molar-refractivity contribution in [3.63, 3.8) is 0 Å². The van der Waals surface area contributed by atoms with Gasteiger partial charge >= 0.3 is 0 Å². The maximum Gasteiger partial charge on any atom is 0.193 e. The Bertz CT molecular complexity index is 667. The van der Waals surface area contributed by atoms with Crippen LogP contribution in [0.1, 0.15) is 11.3 Å². The number of guanidine groups is 1. The van der Waals surface area contributed by atoms with Crippen molar-refractivity contribution in [1.82, 2.24) is 14.8 Å². The number of aryl methyl sites for hydroxylation is 1. The molecule has 1 aromatic carbocycles. The van der Waals surface area contributed by atoms with E-state index >= 15 is 0 Å². The lowest BCUT2D eigenvalue weighted by Gasteiger charge is -2.23. The predicted octanol–water partition coefficient (Wildman–Crippen LogP) is 2.04. The van der Waals surface area contributed by atoms with Gasteiger partial charge in [-0.2, -0.15) is 0 Å². The Hall–Kier alpha value is -2.43. The van der Waals surface area contributed by atoms with Crippen LogP contribution in [0.2, 0.25) is 0 Å². The normalized spacial score (nSPS) is 16.8. The molecule has 1 N–H and O–H groups in total. The number of nitrogens with one attached hydrogen (secondary N) is 1. The molecular formula is C18H24N4O. The quantitative estimate of drug-likeness (QED) is 0.694. The molecule has 0 saturated heterocycles. The van der Waals surface area contributed by atoms with E-state index in [1.54, 1.807) is 0 Å². The molecule has 0 radical (unpaired) electrons. The smallest absolute Gasteiger partial charge is 0.193 e. The van der Waals surface area contributed by atoms with Crippen LogP contribution in [-0.4, -0.2) is 42.2 Å². The Labute approximate surface area is 137 Å². The summed E-state index contributed by atoms with van der Waals surface area (Å²) >= 11 is 0. The standard InChI is InChI=1S/C18H24N4O/c1-19-18(22(3)13-15-8-6-10-21(15)2)20-12-16-11-14-7-4-5-9-17(14)23-16/h4-10,16H,11-13H2,1-3H3,(H,19,20). The van der Waals surface area contributed by atoms with Gasteiger partial charge in [-0.15, -0.1) is 0 Å². The third-order valence-electron chi connectivity index (χ3n) is 4.23. The van der Waals surface area contributed by atoms with Crippen LogP contribution in [0, 0.1) is 0 Å². The Kier molecular flexibility index (Phi) is 4.55. The number of aliphatic imine (C=N–C) groups is 1. The second kappa shape index (κ2) is 6.77. The van der Waals surface area contributed by atoms with E-state index in [2.05, 4.69) is 57.3 Å². The number of benzene rings is 1. The fraction of sp³-hybridized carbons (Fsp3) is 0.389. The fourth-order valence-electron chi connectivity index (χ4n) is 2.94. The summed E-state index contributed by atoms with van der Waals surface area (Å²) in [5.41, 5.74) is 2.53. The highest BCUT2D eigenvalue weighted by Gasteiger charge is 2.22. The number of ether oxygens (including phenoxy) is 1. The third kappa shape index (κ3) is 3.50. The SMILES string of the molecule is CN=C(NCC1Cc2ccccc2O1)N(C)Cc1cccn1C. The van der Waals surface area contributed by atoms with E-state index in [4.69, 9.17) is 4.74 Å². The van der Waals surface area contributed by atoms with Crippen LogP contribution in [0.25, 0.3) is 0 Å². The molecule has 2 heterocycles. The first-order valence-electron chi connectivity index (χ1n) is 7.94. The zero-order valence-electron chi connectivity index (χ0n) is 14.0. The van der Waals surface area contributed by atoms with Gasteiger partial charge in [-0.1, -0.05) is 18.2 Å². The summed E-state index contributed by atoms with van der Waals surface area (Å²) in [7, 11) is 5.92. The van der Waals surface area contributed by atoms with Gasteiger partial charge in [0.2, 0.25) is 0 Å². The highest BCUT2D eigenvalue weighted by molar-refractivity contribution is 5.79. The van der Waals surface area contributed by atoms with E-state index in [9.17, 15) is 0 Å². The fourth-order valence-corrected chi connectivity index (χ4v) is 2.94. The second-order valence-electron chi connectivity index (χ2n) is 5.95. The molecule has 0 bridgehead atoms. The third-order valence-corrected chi connectivity index (χ3v) is 4.23. The zero-order chi connectivity index (χ0) is 16.2. The van der Waals surface area contributed by atoms with Gasteiger partial charge in [0.05, 0.1) is 13.1 Å². The summed E-state index contributed by atoms with van der Waals surface area (Å²) in [6.45, 7) is 1.56. The van der Waals surface area contributed by atoms with Crippen LogP contribution in [-0.2, 0) is 20.0 Å². The Morgan fingerprint density at radius 2 is 2.17 bits per heavy atom. The van der Waals surface area contributed by atoms with Gasteiger partial charge in [0.1, 0.15) is 11.9 Å². The van der Waals surface area contributed by atoms with Crippen molar-refractivity contribution in [3.8, 4) is 5.75 Å². The average molecular weight is 312 g/mol. The minimum atomic E-state index is 0.160. The number of aromatic nitrogens is 1. The number of rotatable bonds is 4. The molecule has 1 aliphatic rings. The lowest BCUT2D eigenvalue weighted by atomic mass is 10.1. The predicted molar refractivity (Wildman–Crippen MR) is 92.8 cm³/mol. The van der Waals surface area contributed by atoms with Gasteiger partial charge < -0.3 is 19.5 Å². The molecule has 5 nitrogen and oxygen atoms in total. The van der Waals surface area contributed by atoms with Crippen molar-refractivity contribution >= 4 is 5.96 Å². The van der Waals surface area contributed by atoms with Crippen molar-refractivity contribution in [2.45, 2.75) is 19.1 Å². The minimum Gasteiger partial charge on any atom is -0.488 e. The zero-order valence-corrected chi connectivity index (χ0v) is 14.0. The van der Waals surface area contributed by atoms with E-state index in [1.807, 2.05) is 26.2 Å². The van der Waals surface area contributed by atoms with Gasteiger partial charge in [0, 0.05) is 39.5 Å². The van der Waals surface area contributed by atoms with Crippen LogP contribution >= 0.6 is 0 Å². The summed E-state index contributed by atoms with van der Waals surface area (Å²) in [5.74, 6) is 1.89. The summed E-state index contributed by atoms with van der Waals surface area (Å²) in [6.07, 6.45) is 3.16. The molecule has 3 rings (SSSR count). The molecule has 0 fully saturated rings. The van der Waals surface area contributed by atoms with Gasteiger partial charge in [-0.3, -0.25) is 4.99 Å². The van der Waals surface area contributed by atoms with Crippen LogP contribution in [0.4, 0.5) is 0 Å². The van der Waals surface area contributed by atoms with E-state index in [-0.39, 0.29) is 6.10 Å². The maximum absolute atomic E-state index is 5.97. The first-order valence-corrected chi connectivity index (χ1v) is 7.94. The molecule has 0 amide bonds. The summed E-state index contributed by atoms with van der Waals surface area (Å²) in [6, 6.07) is 12.4. The Morgan fingerprint density at radius 3 is 2.87 bits per heavy atom. The molecule has 1 aromatic heterocycles. The number of hydrogen-bond acceptors (Lipinski definition) is 2. The number of para-hydroxylation sites is 1. The second-order valence-corrected chi connectivity index (χ2v) is 5.95. The minimum absolute atomic E-state index is 0.160. The van der Waals surface area contributed by atoms with Gasteiger partial charge in [0.25, 0.3) is 0 Å². The number of nitrogens with zero attached hydrogens (tertiary/aromatic N) is 3. The molecule has 0 aliphatic carbocycles. The number of fused-ring (bicyclic) bond motifs is 1. The lowest BCUT2D eigenvalue weighted by Crippen LogP contribution is -2.43. The van der Waals surface area contributed by atoms with E-state index in [0.29, 0.717) is 0 Å². The largest absolute Gasteiger partial charge is 0.488 e. The lowest BCUT2D eigenvalue weighted by molar-refractivity contribution is 0.233. The van der Waals surface area contributed by atoms with Crippen molar-refractivity contribution in [3.05, 3.63) is 53.9 Å². The van der Waals surface area contributed by atoms with Crippen LogP contribution in [0.3, 0.4) is 0 Å². The summed E-state index contributed by atoms with van der Waals surface area (Å²) in [5, 5.41) is 3.42. The van der Waals surface area contributed by atoms with Crippen LogP contribution in [0.15, 0.2) is 47.6 Å². The molecule has 23 heavy (non-hydrogen) atoms. The molecule has 1 unspecified atom stereocenters. The highest BCUT2D eigenvalue weighted by Crippen LogP contribution is 2.27. The number of hydrogen-bond donors (Lipinski definition) is 1. The van der Waals surface area contributed by atoms with Crippen LogP contribution < -0.4 is 10.1 Å². The van der Waals surface area contributed by atoms with Crippen molar-refractivity contribution in [1.29, 1.82) is 0 Å². The average Bonchev–Trinajstić information content (AvgIpc) is 3.14. The van der Waals surface area contributed by atoms with Crippen molar-refractivity contribution < 1.29 is 4.74 Å². The molecular weight excluding hydrogens is 288 g/mol.